The molecule has 1 aromatic heterocycles. The van der Waals surface area contributed by atoms with Crippen molar-refractivity contribution in [3.63, 3.8) is 0 Å². The van der Waals surface area contributed by atoms with Gasteiger partial charge in [0.15, 0.2) is 0 Å². The van der Waals surface area contributed by atoms with Gasteiger partial charge in [0.25, 0.3) is 5.91 Å². The zero-order chi connectivity index (χ0) is 8.97. The van der Waals surface area contributed by atoms with E-state index in [0.717, 1.165) is 0 Å². The van der Waals surface area contributed by atoms with Crippen molar-refractivity contribution < 1.29 is 14.9 Å². The van der Waals surface area contributed by atoms with E-state index < -0.39 is 0 Å². The summed E-state index contributed by atoms with van der Waals surface area (Å²) >= 11 is 1.34. The van der Waals surface area contributed by atoms with Crippen molar-refractivity contribution in [3.8, 4) is 0 Å². The third-order valence-corrected chi connectivity index (χ3v) is 2.13. The second-order valence-corrected chi connectivity index (χ2v) is 2.80. The molecule has 4 N–H and O–H groups in total. The number of nitrogens with two attached hydrogens (primary N) is 1. The molecule has 1 heterocycles. The van der Waals surface area contributed by atoms with Gasteiger partial charge in [0.05, 0.1) is 5.56 Å². The Labute approximate surface area is 72.7 Å². The lowest BCUT2D eigenvalue weighted by molar-refractivity contribution is -0.252. The summed E-state index contributed by atoms with van der Waals surface area (Å²) in [6.07, 6.45) is 0. The zero-order valence-electron chi connectivity index (χ0n) is 6.11. The molecular formula is C6H8N2O3S. The average molecular weight is 188 g/mol. The summed E-state index contributed by atoms with van der Waals surface area (Å²) in [6.45, 7) is -0.00769. The van der Waals surface area contributed by atoms with Gasteiger partial charge in [-0.1, -0.05) is 0 Å². The number of amides is 1. The summed E-state index contributed by atoms with van der Waals surface area (Å²) in [4.78, 5) is 14.9. The number of hydrogen-bond acceptors (Lipinski definition) is 5. The molecule has 0 saturated carbocycles. The van der Waals surface area contributed by atoms with Gasteiger partial charge in [-0.05, 0) is 5.38 Å². The van der Waals surface area contributed by atoms with Gasteiger partial charge in [0, 0.05) is 10.9 Å². The maximum atomic E-state index is 11.0. The largest absolute Gasteiger partial charge is 0.290 e. The van der Waals surface area contributed by atoms with Crippen LogP contribution in [0.15, 0.2) is 10.8 Å². The summed E-state index contributed by atoms with van der Waals surface area (Å²) in [5, 5.41) is 11.5. The first kappa shape index (κ1) is 9.14. The molecule has 0 aliphatic heterocycles. The number of carbonyl (C=O) groups is 1. The molecule has 12 heavy (non-hydrogen) atoms. The predicted molar refractivity (Wildman–Crippen MR) is 43.4 cm³/mol. The first-order chi connectivity index (χ1) is 5.79. The maximum absolute atomic E-state index is 11.0. The molecule has 0 fully saturated rings. The average Bonchev–Trinajstić information content (AvgIpc) is 2.52. The van der Waals surface area contributed by atoms with Gasteiger partial charge < -0.3 is 0 Å². The molecule has 0 atom stereocenters. The van der Waals surface area contributed by atoms with Crippen LogP contribution < -0.4 is 11.3 Å². The van der Waals surface area contributed by atoms with E-state index in [1.807, 2.05) is 5.43 Å². The third kappa shape index (κ3) is 1.80. The standard InChI is InChI=1S/C6H8N2O3S/c7-8-6(9)5-3-12-2-4(5)1-11-10/h2-3,10H,1,7H2,(H,8,9). The van der Waals surface area contributed by atoms with Crippen molar-refractivity contribution >= 4 is 17.2 Å². The highest BCUT2D eigenvalue weighted by atomic mass is 32.1. The van der Waals surface area contributed by atoms with E-state index in [0.29, 0.717) is 11.1 Å². The van der Waals surface area contributed by atoms with Crippen molar-refractivity contribution in [2.75, 3.05) is 0 Å². The Balaban J connectivity index is 2.83. The van der Waals surface area contributed by atoms with Crippen LogP contribution >= 0.6 is 11.3 Å². The summed E-state index contributed by atoms with van der Waals surface area (Å²) < 4.78 is 0. The highest BCUT2D eigenvalue weighted by Crippen LogP contribution is 2.15. The Morgan fingerprint density at radius 3 is 3.08 bits per heavy atom. The van der Waals surface area contributed by atoms with Gasteiger partial charge in [0.2, 0.25) is 0 Å². The lowest BCUT2D eigenvalue weighted by Crippen LogP contribution is -2.30. The molecule has 0 aliphatic carbocycles. The van der Waals surface area contributed by atoms with E-state index in [4.69, 9.17) is 11.1 Å². The molecule has 0 bridgehead atoms. The Kier molecular flexibility index (Phi) is 3.18. The van der Waals surface area contributed by atoms with Crippen LogP contribution in [0.1, 0.15) is 15.9 Å². The minimum absolute atomic E-state index is 0.00769. The molecule has 0 saturated heterocycles. The quantitative estimate of drug-likeness (QED) is 0.276. The third-order valence-electron chi connectivity index (χ3n) is 1.34. The van der Waals surface area contributed by atoms with Crippen LogP contribution in [0.2, 0.25) is 0 Å². The smallest absolute Gasteiger partial charge is 0.266 e. The Bertz CT molecular complexity index is 274. The molecule has 0 spiro atoms. The van der Waals surface area contributed by atoms with Crippen molar-refractivity contribution in [2.24, 2.45) is 5.84 Å². The summed E-state index contributed by atoms with van der Waals surface area (Å²) in [5.41, 5.74) is 3.04. The van der Waals surface area contributed by atoms with Crippen LogP contribution in [0.4, 0.5) is 0 Å². The van der Waals surface area contributed by atoms with Crippen LogP contribution in [-0.2, 0) is 11.5 Å². The Morgan fingerprint density at radius 2 is 2.50 bits per heavy atom. The molecule has 0 radical (unpaired) electrons. The lowest BCUT2D eigenvalue weighted by Gasteiger charge is -1.99. The molecule has 1 amide bonds. The normalized spacial score (nSPS) is 9.83. The van der Waals surface area contributed by atoms with E-state index in [1.165, 1.54) is 11.3 Å². The first-order valence-electron chi connectivity index (χ1n) is 3.12. The summed E-state index contributed by atoms with van der Waals surface area (Å²) in [5.74, 6) is 4.54. The van der Waals surface area contributed by atoms with E-state index >= 15 is 0 Å². The minimum Gasteiger partial charge on any atom is -0.290 e. The number of rotatable bonds is 3. The van der Waals surface area contributed by atoms with Crippen LogP contribution in [-0.4, -0.2) is 11.2 Å². The van der Waals surface area contributed by atoms with Gasteiger partial charge in [-0.3, -0.25) is 15.5 Å². The van der Waals surface area contributed by atoms with Crippen LogP contribution in [0.25, 0.3) is 0 Å². The van der Waals surface area contributed by atoms with Gasteiger partial charge in [-0.2, -0.15) is 11.3 Å². The Hall–Kier alpha value is -0.950. The van der Waals surface area contributed by atoms with Crippen molar-refractivity contribution in [2.45, 2.75) is 6.61 Å². The molecule has 66 valence electrons. The molecule has 0 unspecified atom stereocenters. The van der Waals surface area contributed by atoms with Gasteiger partial charge in [0.1, 0.15) is 6.61 Å². The van der Waals surface area contributed by atoms with Crippen molar-refractivity contribution in [1.82, 2.24) is 5.43 Å². The number of hydrogen-bond donors (Lipinski definition) is 3. The maximum Gasteiger partial charge on any atom is 0.266 e. The molecule has 0 aliphatic rings. The highest BCUT2D eigenvalue weighted by Gasteiger charge is 2.10. The lowest BCUT2D eigenvalue weighted by atomic mass is 10.2. The topological polar surface area (TPSA) is 84.6 Å². The second-order valence-electron chi connectivity index (χ2n) is 2.06. The van der Waals surface area contributed by atoms with Crippen molar-refractivity contribution in [3.05, 3.63) is 21.9 Å². The molecule has 1 rings (SSSR count). The minimum atomic E-state index is -0.386. The fourth-order valence-electron chi connectivity index (χ4n) is 0.782. The number of hydrazine groups is 1. The first-order valence-corrected chi connectivity index (χ1v) is 4.06. The van der Waals surface area contributed by atoms with E-state index in [9.17, 15) is 4.79 Å². The zero-order valence-corrected chi connectivity index (χ0v) is 6.93. The summed E-state index contributed by atoms with van der Waals surface area (Å²) in [7, 11) is 0. The molecule has 0 aromatic carbocycles. The fourth-order valence-corrected chi connectivity index (χ4v) is 1.60. The monoisotopic (exact) mass is 188 g/mol. The van der Waals surface area contributed by atoms with E-state index in [2.05, 4.69) is 4.89 Å². The number of thiophene rings is 1. The molecule has 5 nitrogen and oxygen atoms in total. The SMILES string of the molecule is NNC(=O)c1cscc1COO. The highest BCUT2D eigenvalue weighted by molar-refractivity contribution is 7.08. The number of nitrogens with one attached hydrogen (secondary N) is 1. The van der Waals surface area contributed by atoms with Crippen molar-refractivity contribution in [1.29, 1.82) is 0 Å². The van der Waals surface area contributed by atoms with Gasteiger partial charge in [-0.15, -0.1) is 0 Å². The number of nitrogen functional groups attached to an aromatic ring is 1. The number of carbonyl (C=O) groups excluding carboxylic acids is 1. The van der Waals surface area contributed by atoms with Crippen LogP contribution in [0.5, 0.6) is 0 Å². The van der Waals surface area contributed by atoms with Crippen LogP contribution in [0.3, 0.4) is 0 Å². The molecule has 1 aromatic rings. The fraction of sp³-hybridized carbons (Fsp3) is 0.167. The summed E-state index contributed by atoms with van der Waals surface area (Å²) in [6, 6.07) is 0. The van der Waals surface area contributed by atoms with Crippen LogP contribution in [0, 0.1) is 0 Å². The van der Waals surface area contributed by atoms with Gasteiger partial charge in [-0.25, -0.2) is 10.7 Å². The van der Waals surface area contributed by atoms with E-state index in [-0.39, 0.29) is 12.5 Å². The molecular weight excluding hydrogens is 180 g/mol. The predicted octanol–water partition coefficient (Wildman–Crippen LogP) is 0.341. The molecule has 6 heteroatoms. The van der Waals surface area contributed by atoms with E-state index in [1.54, 1.807) is 10.8 Å². The Morgan fingerprint density at radius 1 is 1.75 bits per heavy atom. The second kappa shape index (κ2) is 4.17. The van der Waals surface area contributed by atoms with Gasteiger partial charge >= 0.3 is 0 Å².